The van der Waals surface area contributed by atoms with Gasteiger partial charge in [0.05, 0.1) is 32.2 Å². The van der Waals surface area contributed by atoms with Crippen molar-refractivity contribution in [2.75, 3.05) is 46.6 Å². The highest BCUT2D eigenvalue weighted by Gasteiger charge is 2.18. The van der Waals surface area contributed by atoms with Crippen molar-refractivity contribution in [1.82, 2.24) is 23.7 Å². The lowest BCUT2D eigenvalue weighted by Gasteiger charge is -2.22. The van der Waals surface area contributed by atoms with E-state index >= 15 is 0 Å². The fourth-order valence-electron chi connectivity index (χ4n) is 6.26. The SMILES string of the molecule is CCN(CC)c1ccc(N=Nc2snc3scc(Cl)c23)c(Nc2nc(Nc3cc(N(CC)CC)ccc3N=Nc3snc4scc(Cl)c34)nc(SCc3ccccc3)n2)c1. The van der Waals surface area contributed by atoms with E-state index < -0.39 is 0 Å². The molecule has 8 aromatic rings. The van der Waals surface area contributed by atoms with E-state index in [4.69, 9.17) is 48.4 Å². The summed E-state index contributed by atoms with van der Waals surface area (Å²) in [5.74, 6) is 1.29. The predicted octanol–water partition coefficient (Wildman–Crippen LogP) is 14.8. The van der Waals surface area contributed by atoms with Crippen molar-refractivity contribution in [3.8, 4) is 0 Å². The van der Waals surface area contributed by atoms with E-state index in [2.05, 4.69) is 79.2 Å². The molecule has 5 aromatic heterocycles. The minimum Gasteiger partial charge on any atom is -0.372 e. The van der Waals surface area contributed by atoms with Crippen LogP contribution in [0, 0.1) is 0 Å². The molecule has 60 heavy (non-hydrogen) atoms. The van der Waals surface area contributed by atoms with Crippen LogP contribution < -0.4 is 20.4 Å². The van der Waals surface area contributed by atoms with Crippen molar-refractivity contribution in [2.45, 2.75) is 38.6 Å². The van der Waals surface area contributed by atoms with Crippen LogP contribution in [0.3, 0.4) is 0 Å². The molecule has 2 N–H and O–H groups in total. The van der Waals surface area contributed by atoms with E-state index in [1.807, 2.05) is 65.4 Å². The van der Waals surface area contributed by atoms with Crippen LogP contribution in [0.4, 0.5) is 56.0 Å². The minimum absolute atomic E-state index is 0.319. The Kier molecular flexibility index (Phi) is 13.5. The first kappa shape index (κ1) is 41.9. The van der Waals surface area contributed by atoms with Crippen molar-refractivity contribution >= 4 is 157 Å². The average Bonchev–Trinajstić information content (AvgIpc) is 4.06. The molecule has 0 radical (unpaired) electrons. The number of hydrogen-bond acceptors (Lipinski definition) is 18. The fraction of sp³-hybridized carbons (Fsp3) is 0.225. The summed E-state index contributed by atoms with van der Waals surface area (Å²) in [6, 6.07) is 22.2. The molecule has 0 atom stereocenters. The van der Waals surface area contributed by atoms with Gasteiger partial charge in [0.25, 0.3) is 0 Å². The number of thiophene rings is 2. The summed E-state index contributed by atoms with van der Waals surface area (Å²) in [7, 11) is 0. The predicted molar refractivity (Wildman–Crippen MR) is 256 cm³/mol. The number of halogens is 2. The quantitative estimate of drug-likeness (QED) is 0.0669. The molecule has 20 heteroatoms. The Morgan fingerprint density at radius 3 is 1.57 bits per heavy atom. The number of azo groups is 2. The molecule has 8 rings (SSSR count). The van der Waals surface area contributed by atoms with Gasteiger partial charge in [0, 0.05) is 54.1 Å². The Morgan fingerprint density at radius 2 is 1.10 bits per heavy atom. The van der Waals surface area contributed by atoms with Gasteiger partial charge >= 0.3 is 0 Å². The van der Waals surface area contributed by atoms with Crippen molar-refractivity contribution < 1.29 is 0 Å². The zero-order valence-corrected chi connectivity index (χ0v) is 38.4. The van der Waals surface area contributed by atoms with Gasteiger partial charge < -0.3 is 20.4 Å². The summed E-state index contributed by atoms with van der Waals surface area (Å²) in [6.07, 6.45) is 0. The molecule has 0 aliphatic heterocycles. The molecule has 0 fully saturated rings. The van der Waals surface area contributed by atoms with Gasteiger partial charge in [-0.3, -0.25) is 0 Å². The zero-order chi connectivity index (χ0) is 41.6. The first-order valence-corrected chi connectivity index (χ1v) is 24.0. The van der Waals surface area contributed by atoms with E-state index in [1.165, 1.54) is 57.5 Å². The molecule has 0 saturated heterocycles. The second kappa shape index (κ2) is 19.3. The van der Waals surface area contributed by atoms with Gasteiger partial charge in [0.1, 0.15) is 21.0 Å². The maximum Gasteiger partial charge on any atom is 0.233 e. The number of aromatic nitrogens is 5. The maximum absolute atomic E-state index is 6.50. The minimum atomic E-state index is 0.319. The molecule has 13 nitrogen and oxygen atoms in total. The molecule has 306 valence electrons. The summed E-state index contributed by atoms with van der Waals surface area (Å²) in [6.45, 7) is 11.8. The van der Waals surface area contributed by atoms with Crippen LogP contribution in [0.2, 0.25) is 10.0 Å². The normalized spacial score (nSPS) is 11.8. The first-order chi connectivity index (χ1) is 29.3. The summed E-state index contributed by atoms with van der Waals surface area (Å²) < 4.78 is 9.01. The summed E-state index contributed by atoms with van der Waals surface area (Å²) in [4.78, 5) is 20.9. The van der Waals surface area contributed by atoms with Crippen molar-refractivity contribution in [1.29, 1.82) is 0 Å². The first-order valence-electron chi connectivity index (χ1n) is 19.0. The summed E-state index contributed by atoms with van der Waals surface area (Å²) >= 11 is 20.0. The Labute approximate surface area is 377 Å². The Hall–Kier alpha value is -4.82. The fourth-order valence-corrected chi connectivity index (χ4v) is 11.2. The van der Waals surface area contributed by atoms with Crippen LogP contribution in [-0.4, -0.2) is 49.9 Å². The number of fused-ring (bicyclic) bond motifs is 2. The lowest BCUT2D eigenvalue weighted by atomic mass is 10.2. The molecule has 0 aliphatic rings. The van der Waals surface area contributed by atoms with Crippen molar-refractivity contribution in [2.24, 2.45) is 20.5 Å². The van der Waals surface area contributed by atoms with Crippen LogP contribution in [-0.2, 0) is 5.75 Å². The molecule has 0 saturated carbocycles. The van der Waals surface area contributed by atoms with Crippen LogP contribution >= 0.6 is 80.7 Å². The van der Waals surface area contributed by atoms with Gasteiger partial charge in [-0.1, -0.05) is 65.3 Å². The molecule has 3 aromatic carbocycles. The van der Waals surface area contributed by atoms with Gasteiger partial charge in [-0.15, -0.1) is 43.1 Å². The number of rotatable bonds is 17. The number of hydrogen-bond donors (Lipinski definition) is 2. The number of nitrogens with zero attached hydrogens (tertiary/aromatic N) is 11. The third kappa shape index (κ3) is 9.39. The zero-order valence-electron chi connectivity index (χ0n) is 32.8. The van der Waals surface area contributed by atoms with E-state index in [0.717, 1.165) is 63.6 Å². The molecule has 0 amide bonds. The van der Waals surface area contributed by atoms with Gasteiger partial charge in [0.15, 0.2) is 15.2 Å². The van der Waals surface area contributed by atoms with Gasteiger partial charge in [-0.2, -0.15) is 23.7 Å². The third-order valence-corrected chi connectivity index (χ3v) is 14.6. The number of benzene rings is 3. The Bertz CT molecular complexity index is 2630. The van der Waals surface area contributed by atoms with E-state index in [0.29, 0.717) is 65.6 Å². The molecular formula is C40H37Cl2N13S5. The average molecular weight is 931 g/mol. The topological polar surface area (TPSA) is 144 Å². The van der Waals surface area contributed by atoms with Gasteiger partial charge in [-0.05, 0) is 92.7 Å². The van der Waals surface area contributed by atoms with Gasteiger partial charge in [0.2, 0.25) is 11.9 Å². The molecular weight excluding hydrogens is 894 g/mol. The van der Waals surface area contributed by atoms with E-state index in [1.54, 1.807) is 0 Å². The Balaban J connectivity index is 1.19. The number of thioether (sulfide) groups is 1. The molecule has 0 bridgehead atoms. The van der Waals surface area contributed by atoms with E-state index in [9.17, 15) is 0 Å². The van der Waals surface area contributed by atoms with Crippen molar-refractivity contribution in [3.63, 3.8) is 0 Å². The lowest BCUT2D eigenvalue weighted by molar-refractivity contribution is 0.866. The molecule has 0 spiro atoms. The second-order valence-corrected chi connectivity index (χ2v) is 17.9. The van der Waals surface area contributed by atoms with Crippen molar-refractivity contribution in [3.05, 3.63) is 93.1 Å². The maximum atomic E-state index is 6.50. The highest BCUT2D eigenvalue weighted by Crippen LogP contribution is 2.43. The molecule has 5 heterocycles. The smallest absolute Gasteiger partial charge is 0.233 e. The standard InChI is InChI=1S/C40H37Cl2N13S5/c1-5-54(6-2)24-14-16-28(48-50-34-32-26(41)21-56-36(32)52-59-34)30(18-24)43-38-45-39(47-40(46-38)58-20-23-12-10-9-11-13-23)44-31-19-25(55(7-3)8-4)15-17-29(31)49-51-35-33-27(42)22-57-37(33)53-60-35/h9-19,21-22H,5-8,20H2,1-4H3,(H2,43,44,45,46,47). The largest absolute Gasteiger partial charge is 0.372 e. The van der Waals surface area contributed by atoms with Crippen LogP contribution in [0.1, 0.15) is 33.3 Å². The van der Waals surface area contributed by atoms with E-state index in [-0.39, 0.29) is 0 Å². The van der Waals surface area contributed by atoms with Gasteiger partial charge in [-0.25, -0.2) is 0 Å². The number of anilines is 6. The second-order valence-electron chi connectivity index (χ2n) is 12.9. The molecule has 0 unspecified atom stereocenters. The Morgan fingerprint density at radius 1 is 0.617 bits per heavy atom. The van der Waals surface area contributed by atoms with Crippen LogP contribution in [0.5, 0.6) is 0 Å². The molecule has 0 aliphatic carbocycles. The third-order valence-electron chi connectivity index (χ3n) is 9.34. The highest BCUT2D eigenvalue weighted by atomic mass is 35.5. The lowest BCUT2D eigenvalue weighted by Crippen LogP contribution is -2.21. The van der Waals surface area contributed by atoms with Crippen LogP contribution in [0.25, 0.3) is 20.4 Å². The highest BCUT2D eigenvalue weighted by molar-refractivity contribution is 7.98. The van der Waals surface area contributed by atoms with Crippen LogP contribution in [0.15, 0.2) is 103 Å². The summed E-state index contributed by atoms with van der Waals surface area (Å²) in [5, 5.41) is 33.9. The monoisotopic (exact) mass is 929 g/mol. The summed E-state index contributed by atoms with van der Waals surface area (Å²) in [5.41, 5.74) is 5.67. The number of nitrogens with one attached hydrogen (secondary N) is 2.